The van der Waals surface area contributed by atoms with E-state index in [2.05, 4.69) is 15.0 Å². The van der Waals surface area contributed by atoms with Gasteiger partial charge in [0.25, 0.3) is 0 Å². The quantitative estimate of drug-likeness (QED) is 0.512. The van der Waals surface area contributed by atoms with E-state index in [4.69, 9.17) is 22.1 Å². The smallest absolute Gasteiger partial charge is 0.168 e. The van der Waals surface area contributed by atoms with Crippen molar-refractivity contribution >= 4 is 28.6 Å². The molecule has 3 aromatic rings. The maximum atomic E-state index is 10.5. The molecule has 0 radical (unpaired) electrons. The highest BCUT2D eigenvalue weighted by atomic mass is 35.5. The summed E-state index contributed by atoms with van der Waals surface area (Å²) >= 11 is 6.09. The Morgan fingerprint density at radius 3 is 2.73 bits per heavy atom. The number of imidazole rings is 1. The molecule has 0 spiro atoms. The number of aliphatic hydroxyl groups is 3. The van der Waals surface area contributed by atoms with Gasteiger partial charge in [-0.3, -0.25) is 4.57 Å². The summed E-state index contributed by atoms with van der Waals surface area (Å²) < 4.78 is 7.19. The Kier molecular flexibility index (Phi) is 4.25. The van der Waals surface area contributed by atoms with E-state index in [1.165, 1.54) is 10.9 Å². The van der Waals surface area contributed by atoms with Crippen LogP contribution >= 0.6 is 11.6 Å². The van der Waals surface area contributed by atoms with E-state index in [-0.39, 0.29) is 5.82 Å². The number of nitrogens with two attached hydrogens (primary N) is 1. The predicted octanol–water partition coefficient (Wildman–Crippen LogP) is 0.340. The lowest BCUT2D eigenvalue weighted by Gasteiger charge is -2.19. The predicted molar refractivity (Wildman–Crippen MR) is 93.2 cm³/mol. The van der Waals surface area contributed by atoms with Gasteiger partial charge in [-0.2, -0.15) is 0 Å². The average molecular weight is 378 g/mol. The van der Waals surface area contributed by atoms with Crippen LogP contribution in [-0.4, -0.2) is 59.8 Å². The van der Waals surface area contributed by atoms with E-state index in [0.717, 1.165) is 0 Å². The van der Waals surface area contributed by atoms with Crippen molar-refractivity contribution in [3.8, 4) is 11.4 Å². The number of hydrogen-bond donors (Lipinski definition) is 4. The number of ether oxygens (including phenoxy) is 1. The van der Waals surface area contributed by atoms with Crippen molar-refractivity contribution in [1.82, 2.24) is 19.5 Å². The molecule has 4 unspecified atom stereocenters. The number of halogens is 1. The van der Waals surface area contributed by atoms with E-state index in [1.54, 1.807) is 24.3 Å². The lowest BCUT2D eigenvalue weighted by Crippen LogP contribution is -2.33. The fourth-order valence-electron chi connectivity index (χ4n) is 3.09. The van der Waals surface area contributed by atoms with Gasteiger partial charge in [-0.05, 0) is 12.1 Å². The molecular formula is C16H16ClN5O4. The molecule has 0 saturated carbocycles. The van der Waals surface area contributed by atoms with Crippen molar-refractivity contribution in [2.24, 2.45) is 0 Å². The number of rotatable bonds is 3. The highest BCUT2D eigenvalue weighted by molar-refractivity contribution is 6.30. The van der Waals surface area contributed by atoms with Crippen LogP contribution in [-0.2, 0) is 4.74 Å². The molecule has 1 saturated heterocycles. The highest BCUT2D eigenvalue weighted by Crippen LogP contribution is 2.36. The Hall–Kier alpha value is -2.30. The van der Waals surface area contributed by atoms with Crippen LogP contribution in [0.2, 0.25) is 5.02 Å². The molecule has 0 aliphatic carbocycles. The van der Waals surface area contributed by atoms with Crippen LogP contribution in [0.25, 0.3) is 22.6 Å². The van der Waals surface area contributed by atoms with E-state index >= 15 is 0 Å². The molecule has 1 aromatic carbocycles. The molecule has 1 aliphatic rings. The zero-order chi connectivity index (χ0) is 18.4. The van der Waals surface area contributed by atoms with Gasteiger partial charge in [-0.1, -0.05) is 23.7 Å². The molecule has 136 valence electrons. The van der Waals surface area contributed by atoms with Gasteiger partial charge in [0.1, 0.15) is 30.5 Å². The first-order valence-electron chi connectivity index (χ1n) is 7.88. The summed E-state index contributed by atoms with van der Waals surface area (Å²) in [4.78, 5) is 12.6. The van der Waals surface area contributed by atoms with Crippen molar-refractivity contribution in [3.05, 3.63) is 35.6 Å². The molecule has 3 heterocycles. The molecule has 4 atom stereocenters. The second-order valence-electron chi connectivity index (χ2n) is 5.98. The number of nitrogen functional groups attached to an aromatic ring is 1. The fourth-order valence-corrected chi connectivity index (χ4v) is 3.28. The van der Waals surface area contributed by atoms with Crippen molar-refractivity contribution in [2.45, 2.75) is 24.5 Å². The lowest BCUT2D eigenvalue weighted by molar-refractivity contribution is -0.0503. The van der Waals surface area contributed by atoms with E-state index < -0.39 is 31.1 Å². The standard InChI is InChI=1S/C16H16ClN5O4/c17-8-3-1-2-7(4-8)14-21-10-13(18)19-6-20-15(10)22(14)16-12(25)11(24)9(5-23)26-16/h1-4,6,9,11-12,16,23-25H,5H2,(H2,18,19,20). The second-order valence-corrected chi connectivity index (χ2v) is 6.41. The minimum atomic E-state index is -1.29. The number of aromatic nitrogens is 4. The third-order valence-electron chi connectivity index (χ3n) is 4.36. The molecule has 2 aromatic heterocycles. The van der Waals surface area contributed by atoms with Gasteiger partial charge in [-0.15, -0.1) is 0 Å². The summed E-state index contributed by atoms with van der Waals surface area (Å²) in [6.07, 6.45) is -3.22. The van der Waals surface area contributed by atoms with Gasteiger partial charge in [0.15, 0.2) is 23.2 Å². The first kappa shape index (κ1) is 17.1. The summed E-state index contributed by atoms with van der Waals surface area (Å²) in [7, 11) is 0. The minimum absolute atomic E-state index is 0.170. The number of anilines is 1. The van der Waals surface area contributed by atoms with Crippen molar-refractivity contribution in [3.63, 3.8) is 0 Å². The zero-order valence-electron chi connectivity index (χ0n) is 13.4. The number of fused-ring (bicyclic) bond motifs is 1. The molecule has 9 nitrogen and oxygen atoms in total. The van der Waals surface area contributed by atoms with Gasteiger partial charge in [0.2, 0.25) is 0 Å². The normalized spacial score (nSPS) is 25.8. The summed E-state index contributed by atoms with van der Waals surface area (Å²) in [5.74, 6) is 0.563. The second kappa shape index (κ2) is 6.45. The maximum Gasteiger partial charge on any atom is 0.168 e. The van der Waals surface area contributed by atoms with Crippen LogP contribution in [0.4, 0.5) is 5.82 Å². The zero-order valence-corrected chi connectivity index (χ0v) is 14.2. The summed E-state index contributed by atoms with van der Waals surface area (Å²) in [6, 6.07) is 6.96. The summed E-state index contributed by atoms with van der Waals surface area (Å²) in [5.41, 5.74) is 7.23. The van der Waals surface area contributed by atoms with Crippen molar-refractivity contribution in [2.75, 3.05) is 12.3 Å². The number of aliphatic hydroxyl groups excluding tert-OH is 3. The van der Waals surface area contributed by atoms with E-state index in [9.17, 15) is 15.3 Å². The minimum Gasteiger partial charge on any atom is -0.394 e. The molecule has 1 fully saturated rings. The van der Waals surface area contributed by atoms with Crippen LogP contribution in [0, 0.1) is 0 Å². The van der Waals surface area contributed by atoms with Crippen molar-refractivity contribution in [1.29, 1.82) is 0 Å². The van der Waals surface area contributed by atoms with Crippen LogP contribution in [0.5, 0.6) is 0 Å². The Labute approximate surface area is 152 Å². The summed E-state index contributed by atoms with van der Waals surface area (Å²) in [5, 5.41) is 30.4. The third-order valence-corrected chi connectivity index (χ3v) is 4.59. The molecule has 0 bridgehead atoms. The highest BCUT2D eigenvalue weighted by Gasteiger charge is 2.45. The monoisotopic (exact) mass is 377 g/mol. The molecule has 10 heteroatoms. The van der Waals surface area contributed by atoms with E-state index in [0.29, 0.717) is 27.6 Å². The SMILES string of the molecule is Nc1ncnc2c1nc(-c1cccc(Cl)c1)n2C1OC(CO)C(O)C1O. The van der Waals surface area contributed by atoms with Crippen LogP contribution in [0.15, 0.2) is 30.6 Å². The van der Waals surface area contributed by atoms with E-state index in [1.807, 2.05) is 0 Å². The number of hydrogen-bond acceptors (Lipinski definition) is 8. The maximum absolute atomic E-state index is 10.5. The Morgan fingerprint density at radius 1 is 1.23 bits per heavy atom. The van der Waals surface area contributed by atoms with Gasteiger partial charge in [0.05, 0.1) is 6.61 Å². The molecule has 1 aliphatic heterocycles. The first-order valence-corrected chi connectivity index (χ1v) is 8.26. The average Bonchev–Trinajstić information content (AvgIpc) is 3.14. The Bertz CT molecular complexity index is 965. The molecule has 26 heavy (non-hydrogen) atoms. The van der Waals surface area contributed by atoms with Crippen molar-refractivity contribution < 1.29 is 20.1 Å². The van der Waals surface area contributed by atoms with Crippen LogP contribution in [0.3, 0.4) is 0 Å². The van der Waals surface area contributed by atoms with Crippen LogP contribution < -0.4 is 5.73 Å². The molecular weight excluding hydrogens is 362 g/mol. The van der Waals surface area contributed by atoms with Gasteiger partial charge >= 0.3 is 0 Å². The molecule has 0 amide bonds. The topological polar surface area (TPSA) is 140 Å². The molecule has 4 rings (SSSR count). The Morgan fingerprint density at radius 2 is 2.04 bits per heavy atom. The van der Waals surface area contributed by atoms with Gasteiger partial charge < -0.3 is 25.8 Å². The third kappa shape index (κ3) is 2.61. The summed E-state index contributed by atoms with van der Waals surface area (Å²) in [6.45, 7) is -0.440. The number of benzene rings is 1. The van der Waals surface area contributed by atoms with Crippen LogP contribution in [0.1, 0.15) is 6.23 Å². The Balaban J connectivity index is 1.95. The number of nitrogens with zero attached hydrogens (tertiary/aromatic N) is 4. The first-order chi connectivity index (χ1) is 12.5. The fraction of sp³-hybridized carbons (Fsp3) is 0.312. The van der Waals surface area contributed by atoms with Gasteiger partial charge in [0, 0.05) is 10.6 Å². The largest absolute Gasteiger partial charge is 0.394 e. The molecule has 5 N–H and O–H groups in total. The lowest BCUT2D eigenvalue weighted by atomic mass is 10.1. The van der Waals surface area contributed by atoms with Gasteiger partial charge in [-0.25, -0.2) is 15.0 Å².